The molecule has 2 aromatic rings. The van der Waals surface area contributed by atoms with E-state index in [0.29, 0.717) is 0 Å². The Kier molecular flexibility index (Phi) is 5.93. The van der Waals surface area contributed by atoms with Crippen molar-refractivity contribution in [3.63, 3.8) is 0 Å². The van der Waals surface area contributed by atoms with Gasteiger partial charge in [0.15, 0.2) is 0 Å². The van der Waals surface area contributed by atoms with Crippen molar-refractivity contribution in [3.05, 3.63) is 76.0 Å². The van der Waals surface area contributed by atoms with Gasteiger partial charge in [0.05, 0.1) is 4.92 Å². The highest BCUT2D eigenvalue weighted by Crippen LogP contribution is 2.23. The molecule has 0 aliphatic carbocycles. The molecule has 0 radical (unpaired) electrons. The Balaban J connectivity index is 2.09. The van der Waals surface area contributed by atoms with E-state index in [4.69, 9.17) is 0 Å². The number of hydrogen-bond acceptors (Lipinski definition) is 5. The lowest BCUT2D eigenvalue weighted by Gasteiger charge is -2.19. The van der Waals surface area contributed by atoms with Crippen LogP contribution in [0, 0.1) is 21.4 Å². The van der Waals surface area contributed by atoms with Gasteiger partial charge in [-0.3, -0.25) is 14.9 Å². The third-order valence-corrected chi connectivity index (χ3v) is 3.81. The van der Waals surface area contributed by atoms with Crippen LogP contribution >= 0.6 is 0 Å². The zero-order valence-electron chi connectivity index (χ0n) is 15.3. The van der Waals surface area contributed by atoms with Crippen LogP contribution in [0.5, 0.6) is 0 Å². The first-order valence-electron chi connectivity index (χ1n) is 8.24. The van der Waals surface area contributed by atoms with Gasteiger partial charge in [-0.2, -0.15) is 5.26 Å². The van der Waals surface area contributed by atoms with Crippen molar-refractivity contribution in [2.45, 2.75) is 26.2 Å². The van der Waals surface area contributed by atoms with E-state index in [1.165, 1.54) is 36.0 Å². The van der Waals surface area contributed by atoms with Crippen molar-refractivity contribution in [3.8, 4) is 6.07 Å². The van der Waals surface area contributed by atoms with Gasteiger partial charge in [-0.25, -0.2) is 0 Å². The minimum Gasteiger partial charge on any atom is -0.360 e. The van der Waals surface area contributed by atoms with Crippen LogP contribution in [0.25, 0.3) is 0 Å². The Morgan fingerprint density at radius 1 is 1.15 bits per heavy atom. The van der Waals surface area contributed by atoms with Gasteiger partial charge in [0.2, 0.25) is 0 Å². The number of nitro groups is 1. The summed E-state index contributed by atoms with van der Waals surface area (Å²) in [6.45, 7) is 6.34. The molecule has 0 aliphatic heterocycles. The first-order valence-corrected chi connectivity index (χ1v) is 8.24. The fraction of sp³-hybridized carbons (Fsp3) is 0.200. The Bertz CT molecular complexity index is 919. The smallest absolute Gasteiger partial charge is 0.271 e. The second-order valence-electron chi connectivity index (χ2n) is 6.90. The quantitative estimate of drug-likeness (QED) is 0.355. The van der Waals surface area contributed by atoms with Crippen molar-refractivity contribution in [2.75, 3.05) is 10.6 Å². The van der Waals surface area contributed by atoms with Gasteiger partial charge >= 0.3 is 0 Å². The minimum atomic E-state index is -0.656. The van der Waals surface area contributed by atoms with Crippen LogP contribution in [-0.2, 0) is 10.2 Å². The van der Waals surface area contributed by atoms with E-state index in [1.54, 1.807) is 0 Å². The van der Waals surface area contributed by atoms with Crippen LogP contribution < -0.4 is 10.6 Å². The van der Waals surface area contributed by atoms with Crippen LogP contribution in [-0.4, -0.2) is 10.8 Å². The maximum Gasteiger partial charge on any atom is 0.271 e. The van der Waals surface area contributed by atoms with E-state index >= 15 is 0 Å². The number of nitriles is 1. The van der Waals surface area contributed by atoms with E-state index in [2.05, 4.69) is 31.4 Å². The first kappa shape index (κ1) is 19.7. The number of rotatable bonds is 5. The summed E-state index contributed by atoms with van der Waals surface area (Å²) in [6, 6.07) is 15.0. The summed E-state index contributed by atoms with van der Waals surface area (Å²) in [5, 5.41) is 25.4. The van der Waals surface area contributed by atoms with Gasteiger partial charge in [-0.15, -0.1) is 0 Å². The molecule has 0 atom stereocenters. The van der Waals surface area contributed by atoms with E-state index in [0.717, 1.165) is 5.69 Å². The highest BCUT2D eigenvalue weighted by molar-refractivity contribution is 6.06. The molecular weight excluding hydrogens is 344 g/mol. The maximum absolute atomic E-state index is 12.2. The predicted octanol–water partition coefficient (Wildman–Crippen LogP) is 4.35. The largest absolute Gasteiger partial charge is 0.360 e. The normalized spacial score (nSPS) is 11.4. The Morgan fingerprint density at radius 3 is 2.37 bits per heavy atom. The molecule has 2 rings (SSSR count). The average Bonchev–Trinajstić information content (AvgIpc) is 2.62. The number of hydrogen-bond donors (Lipinski definition) is 2. The summed E-state index contributed by atoms with van der Waals surface area (Å²) in [5.41, 5.74) is 1.88. The number of nitrogens with one attached hydrogen (secondary N) is 2. The molecule has 7 heteroatoms. The zero-order valence-corrected chi connectivity index (χ0v) is 15.3. The fourth-order valence-electron chi connectivity index (χ4n) is 2.27. The third-order valence-electron chi connectivity index (χ3n) is 3.81. The second kappa shape index (κ2) is 8.15. The summed E-state index contributed by atoms with van der Waals surface area (Å²) >= 11 is 0. The van der Waals surface area contributed by atoms with Gasteiger partial charge in [-0.05, 0) is 29.2 Å². The van der Waals surface area contributed by atoms with E-state index in [9.17, 15) is 20.2 Å². The predicted molar refractivity (Wildman–Crippen MR) is 104 cm³/mol. The van der Waals surface area contributed by atoms with Gasteiger partial charge in [0.1, 0.15) is 11.6 Å². The second-order valence-corrected chi connectivity index (χ2v) is 6.90. The molecule has 0 unspecified atom stereocenters. The van der Waals surface area contributed by atoms with Crippen molar-refractivity contribution >= 4 is 23.0 Å². The van der Waals surface area contributed by atoms with E-state index < -0.39 is 10.8 Å². The van der Waals surface area contributed by atoms with Crippen LogP contribution in [0.4, 0.5) is 17.1 Å². The third kappa shape index (κ3) is 5.41. The molecule has 1 amide bonds. The molecule has 138 valence electrons. The number of anilines is 2. The number of carbonyl (C=O) groups is 1. The zero-order chi connectivity index (χ0) is 20.0. The highest BCUT2D eigenvalue weighted by Gasteiger charge is 2.14. The average molecular weight is 364 g/mol. The van der Waals surface area contributed by atoms with Crippen LogP contribution in [0.3, 0.4) is 0 Å². The van der Waals surface area contributed by atoms with Crippen molar-refractivity contribution in [2.24, 2.45) is 0 Å². The van der Waals surface area contributed by atoms with Crippen molar-refractivity contribution in [1.29, 1.82) is 5.26 Å². The summed E-state index contributed by atoms with van der Waals surface area (Å²) in [4.78, 5) is 22.5. The molecule has 0 fully saturated rings. The lowest BCUT2D eigenvalue weighted by Crippen LogP contribution is -2.14. The Morgan fingerprint density at radius 2 is 1.81 bits per heavy atom. The number of carbonyl (C=O) groups excluding carboxylic acids is 1. The minimum absolute atomic E-state index is 0.0321. The molecule has 0 aliphatic rings. The molecular formula is C20H20N4O3. The molecule has 2 N–H and O–H groups in total. The summed E-state index contributed by atoms with van der Waals surface area (Å²) in [6.07, 6.45) is 1.30. The summed E-state index contributed by atoms with van der Waals surface area (Å²) in [5.74, 6) is -0.656. The SMILES string of the molecule is CC(C)(C)c1ccc(N/C=C(/C#N)C(=O)Nc2cccc([N+](=O)[O-])c2)cc1. The summed E-state index contributed by atoms with van der Waals surface area (Å²) in [7, 11) is 0. The number of nitro benzene ring substituents is 1. The molecule has 0 aromatic heterocycles. The van der Waals surface area contributed by atoms with Gasteiger partial charge in [-0.1, -0.05) is 39.0 Å². The monoisotopic (exact) mass is 364 g/mol. The number of nitrogens with zero attached hydrogens (tertiary/aromatic N) is 2. The first-order chi connectivity index (χ1) is 12.7. The van der Waals surface area contributed by atoms with E-state index in [1.807, 2.05) is 30.3 Å². The molecule has 0 heterocycles. The van der Waals surface area contributed by atoms with Gasteiger partial charge in [0, 0.05) is 29.7 Å². The molecule has 7 nitrogen and oxygen atoms in total. The number of non-ortho nitro benzene ring substituents is 1. The highest BCUT2D eigenvalue weighted by atomic mass is 16.6. The maximum atomic E-state index is 12.2. The standard InChI is InChI=1S/C20H20N4O3/c1-20(2,3)15-7-9-16(10-8-15)22-13-14(12-21)19(25)23-17-5-4-6-18(11-17)24(26)27/h4-11,13,22H,1-3H3,(H,23,25)/b14-13-. The van der Waals surface area contributed by atoms with Crippen molar-refractivity contribution in [1.82, 2.24) is 0 Å². The fourth-order valence-corrected chi connectivity index (χ4v) is 2.27. The topological polar surface area (TPSA) is 108 Å². The molecule has 0 saturated heterocycles. The number of amides is 1. The molecule has 27 heavy (non-hydrogen) atoms. The Hall–Kier alpha value is -3.66. The molecule has 0 bridgehead atoms. The van der Waals surface area contributed by atoms with Crippen LogP contribution in [0.1, 0.15) is 26.3 Å². The lowest BCUT2D eigenvalue weighted by molar-refractivity contribution is -0.384. The summed E-state index contributed by atoms with van der Waals surface area (Å²) < 4.78 is 0. The van der Waals surface area contributed by atoms with Crippen LogP contribution in [0.15, 0.2) is 60.3 Å². The van der Waals surface area contributed by atoms with Crippen molar-refractivity contribution < 1.29 is 9.72 Å². The number of benzene rings is 2. The molecule has 2 aromatic carbocycles. The molecule has 0 spiro atoms. The Labute approximate surface area is 157 Å². The lowest BCUT2D eigenvalue weighted by atomic mass is 9.87. The van der Waals surface area contributed by atoms with Crippen LogP contribution in [0.2, 0.25) is 0 Å². The van der Waals surface area contributed by atoms with Gasteiger partial charge < -0.3 is 10.6 Å². The van der Waals surface area contributed by atoms with E-state index in [-0.39, 0.29) is 22.4 Å². The van der Waals surface area contributed by atoms with Gasteiger partial charge in [0.25, 0.3) is 11.6 Å². The molecule has 0 saturated carbocycles.